The molecule has 0 radical (unpaired) electrons. The Balaban J connectivity index is 0.000000207. The highest BCUT2D eigenvalue weighted by molar-refractivity contribution is 7.12. The average Bonchev–Trinajstić information content (AvgIpc) is 3.53. The highest BCUT2D eigenvalue weighted by Gasteiger charge is 2.15. The van der Waals surface area contributed by atoms with E-state index in [1.54, 1.807) is 40.6 Å². The molecule has 0 saturated carbocycles. The minimum Gasteiger partial charge on any atom is -0.381 e. The summed E-state index contributed by atoms with van der Waals surface area (Å²) in [6.07, 6.45) is 5.74. The van der Waals surface area contributed by atoms with Crippen molar-refractivity contribution < 1.29 is 4.79 Å². The monoisotopic (exact) mass is 547 g/mol. The van der Waals surface area contributed by atoms with Crippen molar-refractivity contribution in [3.05, 3.63) is 116 Å². The lowest BCUT2D eigenvalue weighted by atomic mass is 10.0. The van der Waals surface area contributed by atoms with Crippen LogP contribution in [0.25, 0.3) is 22.1 Å². The number of nitrogens with two attached hydrogens (primary N) is 2. The molecule has 0 saturated heterocycles. The zero-order chi connectivity index (χ0) is 28.2. The number of aromatic nitrogens is 5. The highest BCUT2D eigenvalue weighted by atomic mass is 32.1. The fraction of sp³-hybridized carbons (Fsp3) is 0.100. The van der Waals surface area contributed by atoms with Gasteiger partial charge in [0.2, 0.25) is 0 Å². The van der Waals surface area contributed by atoms with Crippen molar-refractivity contribution in [3.63, 3.8) is 0 Å². The number of carbonyl (C=O) groups is 1. The predicted molar refractivity (Wildman–Crippen MR) is 158 cm³/mol. The molecule has 0 aliphatic rings. The molecular weight excluding hydrogens is 522 g/mol. The van der Waals surface area contributed by atoms with Gasteiger partial charge in [-0.1, -0.05) is 43.2 Å². The van der Waals surface area contributed by atoms with Gasteiger partial charge in [-0.3, -0.25) is 14.2 Å². The first kappa shape index (κ1) is 26.3. The molecule has 1 amide bonds. The van der Waals surface area contributed by atoms with Crippen LogP contribution in [0.3, 0.4) is 0 Å². The van der Waals surface area contributed by atoms with Gasteiger partial charge < -0.3 is 11.5 Å². The van der Waals surface area contributed by atoms with Crippen LogP contribution in [-0.4, -0.2) is 30.1 Å². The summed E-state index contributed by atoms with van der Waals surface area (Å²) in [5.74, 6) is 5.81. The van der Waals surface area contributed by atoms with E-state index in [0.717, 1.165) is 38.6 Å². The Kier molecular flexibility index (Phi) is 7.39. The van der Waals surface area contributed by atoms with E-state index in [-0.39, 0.29) is 16.9 Å². The van der Waals surface area contributed by atoms with Crippen LogP contribution in [-0.2, 0) is 6.42 Å². The average molecular weight is 548 g/mol. The number of fused-ring (bicyclic) bond motifs is 2. The van der Waals surface area contributed by atoms with Crippen molar-refractivity contribution in [1.29, 1.82) is 0 Å². The molecule has 0 aliphatic heterocycles. The van der Waals surface area contributed by atoms with Gasteiger partial charge in [-0.05, 0) is 55.0 Å². The molecule has 6 aromatic rings. The SMILES string of the molecule is CCc1cc2cccc(C#Cc3cnc(C)s3)c2c(=O)n1-c1ccccc1.NC(=O)c1c(N)nn2cccnc12. The maximum atomic E-state index is 13.4. The number of primary amides is 1. The van der Waals surface area contributed by atoms with Crippen LogP contribution >= 0.6 is 11.3 Å². The first-order valence-electron chi connectivity index (χ1n) is 12.4. The molecule has 4 heterocycles. The Morgan fingerprint density at radius 3 is 2.55 bits per heavy atom. The molecule has 4 aromatic heterocycles. The van der Waals surface area contributed by atoms with Crippen LogP contribution in [0.5, 0.6) is 0 Å². The maximum Gasteiger partial charge on any atom is 0.264 e. The predicted octanol–water partition coefficient (Wildman–Crippen LogP) is 4.13. The number of para-hydroxylation sites is 1. The van der Waals surface area contributed by atoms with Gasteiger partial charge in [0.15, 0.2) is 11.5 Å². The number of thiazole rings is 1. The molecule has 0 spiro atoms. The Morgan fingerprint density at radius 1 is 1.05 bits per heavy atom. The molecule has 40 heavy (non-hydrogen) atoms. The van der Waals surface area contributed by atoms with Gasteiger partial charge in [-0.2, -0.15) is 0 Å². The van der Waals surface area contributed by atoms with E-state index in [1.807, 2.05) is 55.5 Å². The number of rotatable bonds is 3. The van der Waals surface area contributed by atoms with E-state index >= 15 is 0 Å². The first-order chi connectivity index (χ1) is 19.4. The van der Waals surface area contributed by atoms with Crippen molar-refractivity contribution in [2.24, 2.45) is 5.73 Å². The van der Waals surface area contributed by atoms with Gasteiger partial charge in [-0.15, -0.1) is 16.4 Å². The van der Waals surface area contributed by atoms with Crippen LogP contribution in [0.1, 0.15) is 38.4 Å². The summed E-state index contributed by atoms with van der Waals surface area (Å²) in [5, 5.41) is 6.43. The van der Waals surface area contributed by atoms with Crippen molar-refractivity contribution in [2.75, 3.05) is 5.73 Å². The van der Waals surface area contributed by atoms with E-state index in [2.05, 4.69) is 39.9 Å². The van der Waals surface area contributed by atoms with E-state index in [4.69, 9.17) is 11.5 Å². The molecule has 4 N–H and O–H groups in total. The summed E-state index contributed by atoms with van der Waals surface area (Å²) >= 11 is 1.55. The molecule has 0 unspecified atom stereocenters. The molecule has 0 fully saturated rings. The third-order valence-electron chi connectivity index (χ3n) is 6.11. The number of hydrogen-bond acceptors (Lipinski definition) is 7. The van der Waals surface area contributed by atoms with Crippen molar-refractivity contribution >= 4 is 39.5 Å². The lowest BCUT2D eigenvalue weighted by molar-refractivity contribution is 0.100. The van der Waals surface area contributed by atoms with Gasteiger partial charge in [0, 0.05) is 29.3 Å². The lowest BCUT2D eigenvalue weighted by Crippen LogP contribution is -2.22. The summed E-state index contributed by atoms with van der Waals surface area (Å²) in [5.41, 5.74) is 13.7. The number of benzene rings is 2. The molecular formula is C30H25N7O2S. The smallest absolute Gasteiger partial charge is 0.264 e. The minimum atomic E-state index is -0.619. The fourth-order valence-corrected chi connectivity index (χ4v) is 4.96. The Labute approximate surface area is 233 Å². The van der Waals surface area contributed by atoms with Crippen LogP contribution in [0, 0.1) is 18.8 Å². The summed E-state index contributed by atoms with van der Waals surface area (Å²) < 4.78 is 3.21. The lowest BCUT2D eigenvalue weighted by Gasteiger charge is -2.14. The first-order valence-corrected chi connectivity index (χ1v) is 13.2. The third kappa shape index (κ3) is 5.18. The summed E-state index contributed by atoms with van der Waals surface area (Å²) in [4.78, 5) is 33.5. The zero-order valence-electron chi connectivity index (χ0n) is 21.8. The molecule has 10 heteroatoms. The van der Waals surface area contributed by atoms with Gasteiger partial charge in [-0.25, -0.2) is 14.5 Å². The number of pyridine rings is 1. The molecule has 0 bridgehead atoms. The van der Waals surface area contributed by atoms with Crippen LogP contribution in [0.4, 0.5) is 5.82 Å². The summed E-state index contributed by atoms with van der Waals surface area (Å²) in [6.45, 7) is 4.02. The summed E-state index contributed by atoms with van der Waals surface area (Å²) in [6, 6.07) is 19.4. The van der Waals surface area contributed by atoms with Gasteiger partial charge in [0.1, 0.15) is 5.56 Å². The van der Waals surface area contributed by atoms with Crippen LogP contribution in [0.2, 0.25) is 0 Å². The van der Waals surface area contributed by atoms with E-state index in [9.17, 15) is 9.59 Å². The molecule has 0 aliphatic carbocycles. The number of carbonyl (C=O) groups excluding carboxylic acids is 1. The zero-order valence-corrected chi connectivity index (χ0v) is 22.6. The normalized spacial score (nSPS) is 10.6. The van der Waals surface area contributed by atoms with E-state index < -0.39 is 5.91 Å². The number of amides is 1. The largest absolute Gasteiger partial charge is 0.381 e. The molecule has 6 rings (SSSR count). The molecule has 2 aromatic carbocycles. The number of aryl methyl sites for hydroxylation is 2. The number of hydrogen-bond donors (Lipinski definition) is 2. The second-order valence-electron chi connectivity index (χ2n) is 8.74. The van der Waals surface area contributed by atoms with Gasteiger partial charge in [0.05, 0.1) is 21.5 Å². The number of anilines is 1. The van der Waals surface area contributed by atoms with Crippen LogP contribution in [0.15, 0.2) is 84.0 Å². The Hall–Kier alpha value is -5.27. The van der Waals surface area contributed by atoms with Crippen molar-refractivity contribution in [3.8, 4) is 17.5 Å². The molecule has 198 valence electrons. The number of nitrogen functional groups attached to an aromatic ring is 1. The molecule has 9 nitrogen and oxygen atoms in total. The Bertz CT molecular complexity index is 1980. The minimum absolute atomic E-state index is 0.0269. The van der Waals surface area contributed by atoms with Crippen molar-refractivity contribution in [1.82, 2.24) is 24.1 Å². The van der Waals surface area contributed by atoms with Crippen LogP contribution < -0.4 is 17.0 Å². The highest BCUT2D eigenvalue weighted by Crippen LogP contribution is 2.20. The topological polar surface area (TPSA) is 134 Å². The quantitative estimate of drug-likeness (QED) is 0.320. The van der Waals surface area contributed by atoms with E-state index in [0.29, 0.717) is 11.0 Å². The Morgan fingerprint density at radius 2 is 1.85 bits per heavy atom. The van der Waals surface area contributed by atoms with E-state index in [1.165, 1.54) is 4.52 Å². The van der Waals surface area contributed by atoms with Gasteiger partial charge in [0.25, 0.3) is 11.5 Å². The second kappa shape index (κ2) is 11.2. The fourth-order valence-electron chi connectivity index (χ4n) is 4.33. The standard InChI is InChI=1S/C23H18N2OS.C7H7N5O/c1-3-19-14-18-9-7-8-17(12-13-21-15-24-16(2)27-21)22(18)23(26)25(19)20-10-5-4-6-11-20;8-5-4(6(9)13)7-10-2-1-3-12(7)11-5/h4-11,14-15H,3H2,1-2H3;1-3H,(H2,8,11)(H2,9,13). The van der Waals surface area contributed by atoms with Gasteiger partial charge >= 0.3 is 0 Å². The third-order valence-corrected chi connectivity index (χ3v) is 6.94. The maximum absolute atomic E-state index is 13.4. The second-order valence-corrected chi connectivity index (χ2v) is 9.98. The molecule has 0 atom stereocenters. The summed E-state index contributed by atoms with van der Waals surface area (Å²) in [7, 11) is 0. The van der Waals surface area contributed by atoms with Crippen molar-refractivity contribution in [2.45, 2.75) is 20.3 Å². The number of nitrogens with zero attached hydrogens (tertiary/aromatic N) is 5.